The molecular formula is C17H21N3OS. The van der Waals surface area contributed by atoms with Crippen LogP contribution in [0.4, 0.5) is 0 Å². The highest BCUT2D eigenvalue weighted by Crippen LogP contribution is 2.19. The summed E-state index contributed by atoms with van der Waals surface area (Å²) in [5.74, 6) is 0.140. The van der Waals surface area contributed by atoms with E-state index in [1.165, 1.54) is 9.88 Å². The summed E-state index contributed by atoms with van der Waals surface area (Å²) < 4.78 is 0. The van der Waals surface area contributed by atoms with Gasteiger partial charge in [-0.3, -0.25) is 9.69 Å². The highest BCUT2D eigenvalue weighted by Gasteiger charge is 2.22. The molecule has 0 unspecified atom stereocenters. The van der Waals surface area contributed by atoms with Gasteiger partial charge in [-0.2, -0.15) is 0 Å². The van der Waals surface area contributed by atoms with E-state index in [1.54, 1.807) is 11.3 Å². The number of aromatic nitrogens is 1. The molecule has 1 aliphatic heterocycles. The SMILES string of the molecule is Cc1nc(CN2CCN(C(=O)c3ccccc3)CC2)sc1C. The van der Waals surface area contributed by atoms with Crippen LogP contribution in [0.5, 0.6) is 0 Å². The van der Waals surface area contributed by atoms with E-state index in [9.17, 15) is 4.79 Å². The third kappa shape index (κ3) is 3.36. The molecule has 3 rings (SSSR count). The quantitative estimate of drug-likeness (QED) is 0.874. The summed E-state index contributed by atoms with van der Waals surface area (Å²) in [4.78, 5) is 22.6. The van der Waals surface area contributed by atoms with Crippen molar-refractivity contribution in [3.63, 3.8) is 0 Å². The lowest BCUT2D eigenvalue weighted by molar-refractivity contribution is 0.0628. The number of aryl methyl sites for hydroxylation is 2. The second-order valence-corrected chi connectivity index (χ2v) is 6.97. The minimum Gasteiger partial charge on any atom is -0.336 e. The van der Waals surface area contributed by atoms with Crippen LogP contribution >= 0.6 is 11.3 Å². The Morgan fingerprint density at radius 1 is 1.14 bits per heavy atom. The molecule has 0 saturated carbocycles. The van der Waals surface area contributed by atoms with Crippen molar-refractivity contribution in [1.82, 2.24) is 14.8 Å². The molecule has 2 aromatic rings. The standard InChI is InChI=1S/C17H21N3OS/c1-13-14(2)22-16(18-13)12-19-8-10-20(11-9-19)17(21)15-6-4-3-5-7-15/h3-7H,8-12H2,1-2H3. The Labute approximate surface area is 135 Å². The van der Waals surface area contributed by atoms with Crippen LogP contribution in [0.25, 0.3) is 0 Å². The number of benzene rings is 1. The molecule has 22 heavy (non-hydrogen) atoms. The molecule has 0 N–H and O–H groups in total. The molecule has 1 saturated heterocycles. The Morgan fingerprint density at radius 2 is 1.82 bits per heavy atom. The van der Waals surface area contributed by atoms with Gasteiger partial charge in [0, 0.05) is 36.6 Å². The first kappa shape index (κ1) is 15.2. The first-order valence-electron chi connectivity index (χ1n) is 7.63. The van der Waals surface area contributed by atoms with Crippen molar-refractivity contribution in [3.8, 4) is 0 Å². The van der Waals surface area contributed by atoms with E-state index in [0.29, 0.717) is 0 Å². The molecule has 0 radical (unpaired) electrons. The molecule has 1 amide bonds. The fourth-order valence-electron chi connectivity index (χ4n) is 2.67. The van der Waals surface area contributed by atoms with E-state index in [0.717, 1.165) is 44.0 Å². The third-order valence-electron chi connectivity index (χ3n) is 4.11. The average molecular weight is 315 g/mol. The summed E-state index contributed by atoms with van der Waals surface area (Å²) in [7, 11) is 0. The number of hydrogen-bond acceptors (Lipinski definition) is 4. The van der Waals surface area contributed by atoms with Crippen molar-refractivity contribution in [2.24, 2.45) is 0 Å². The third-order valence-corrected chi connectivity index (χ3v) is 5.17. The predicted octanol–water partition coefficient (Wildman–Crippen LogP) is 2.72. The van der Waals surface area contributed by atoms with Crippen molar-refractivity contribution in [2.45, 2.75) is 20.4 Å². The van der Waals surface area contributed by atoms with Crippen LogP contribution in [-0.2, 0) is 6.54 Å². The van der Waals surface area contributed by atoms with E-state index in [4.69, 9.17) is 0 Å². The Balaban J connectivity index is 1.55. The van der Waals surface area contributed by atoms with Crippen LogP contribution < -0.4 is 0 Å². The zero-order valence-corrected chi connectivity index (χ0v) is 13.9. The van der Waals surface area contributed by atoms with E-state index in [2.05, 4.69) is 23.7 Å². The Morgan fingerprint density at radius 3 is 2.41 bits per heavy atom. The normalized spacial score (nSPS) is 16.0. The first-order valence-corrected chi connectivity index (χ1v) is 8.45. The fraction of sp³-hybridized carbons (Fsp3) is 0.412. The number of nitrogens with zero attached hydrogens (tertiary/aromatic N) is 3. The van der Waals surface area contributed by atoms with Gasteiger partial charge in [-0.15, -0.1) is 11.3 Å². The predicted molar refractivity (Wildman–Crippen MR) is 89.2 cm³/mol. The maximum absolute atomic E-state index is 12.4. The largest absolute Gasteiger partial charge is 0.336 e. The number of rotatable bonds is 3. The molecule has 5 heteroatoms. The van der Waals surface area contributed by atoms with Gasteiger partial charge in [0.25, 0.3) is 5.91 Å². The summed E-state index contributed by atoms with van der Waals surface area (Å²) >= 11 is 1.78. The molecule has 1 aromatic carbocycles. The first-order chi connectivity index (χ1) is 10.6. The van der Waals surface area contributed by atoms with Gasteiger partial charge in [-0.1, -0.05) is 18.2 Å². The van der Waals surface area contributed by atoms with Gasteiger partial charge in [-0.05, 0) is 26.0 Å². The van der Waals surface area contributed by atoms with Gasteiger partial charge in [0.2, 0.25) is 0 Å². The molecule has 0 atom stereocenters. The molecule has 1 aromatic heterocycles. The average Bonchev–Trinajstić information content (AvgIpc) is 2.86. The molecule has 1 fully saturated rings. The molecule has 0 spiro atoms. The lowest BCUT2D eigenvalue weighted by Crippen LogP contribution is -2.48. The van der Waals surface area contributed by atoms with Crippen LogP contribution in [0.2, 0.25) is 0 Å². The second kappa shape index (κ2) is 6.58. The van der Waals surface area contributed by atoms with Crippen molar-refractivity contribution in [2.75, 3.05) is 26.2 Å². The van der Waals surface area contributed by atoms with E-state index >= 15 is 0 Å². The lowest BCUT2D eigenvalue weighted by Gasteiger charge is -2.34. The molecule has 116 valence electrons. The number of amides is 1. The number of thiazole rings is 1. The van der Waals surface area contributed by atoms with Gasteiger partial charge in [0.1, 0.15) is 5.01 Å². The molecule has 1 aliphatic rings. The maximum atomic E-state index is 12.4. The van der Waals surface area contributed by atoms with Gasteiger partial charge in [0.05, 0.1) is 12.2 Å². The molecular weight excluding hydrogens is 294 g/mol. The van der Waals surface area contributed by atoms with Gasteiger partial charge in [0.15, 0.2) is 0 Å². The topological polar surface area (TPSA) is 36.4 Å². The molecule has 0 bridgehead atoms. The van der Waals surface area contributed by atoms with Gasteiger partial charge >= 0.3 is 0 Å². The van der Waals surface area contributed by atoms with Crippen LogP contribution in [0.1, 0.15) is 25.9 Å². The molecule has 4 nitrogen and oxygen atoms in total. The van der Waals surface area contributed by atoms with Gasteiger partial charge in [-0.25, -0.2) is 4.98 Å². The maximum Gasteiger partial charge on any atom is 0.253 e. The summed E-state index contributed by atoms with van der Waals surface area (Å²) in [6.07, 6.45) is 0. The fourth-order valence-corrected chi connectivity index (χ4v) is 3.65. The molecule has 0 aliphatic carbocycles. The van der Waals surface area contributed by atoms with Crippen molar-refractivity contribution in [1.29, 1.82) is 0 Å². The number of carbonyl (C=O) groups is 1. The smallest absolute Gasteiger partial charge is 0.253 e. The monoisotopic (exact) mass is 315 g/mol. The number of piperazine rings is 1. The minimum atomic E-state index is 0.140. The van der Waals surface area contributed by atoms with Crippen molar-refractivity contribution < 1.29 is 4.79 Å². The van der Waals surface area contributed by atoms with Crippen LogP contribution in [-0.4, -0.2) is 46.9 Å². The van der Waals surface area contributed by atoms with Gasteiger partial charge < -0.3 is 4.90 Å². The summed E-state index contributed by atoms with van der Waals surface area (Å²) in [5.41, 5.74) is 1.92. The van der Waals surface area contributed by atoms with E-state index in [-0.39, 0.29) is 5.91 Å². The highest BCUT2D eigenvalue weighted by atomic mass is 32.1. The van der Waals surface area contributed by atoms with E-state index in [1.807, 2.05) is 35.2 Å². The van der Waals surface area contributed by atoms with Crippen molar-refractivity contribution in [3.05, 3.63) is 51.5 Å². The van der Waals surface area contributed by atoms with Crippen LogP contribution in [0, 0.1) is 13.8 Å². The second-order valence-electron chi connectivity index (χ2n) is 5.68. The summed E-state index contributed by atoms with van der Waals surface area (Å²) in [6, 6.07) is 9.53. The highest BCUT2D eigenvalue weighted by molar-refractivity contribution is 7.11. The Bertz CT molecular complexity index is 626. The van der Waals surface area contributed by atoms with Crippen molar-refractivity contribution >= 4 is 17.2 Å². The lowest BCUT2D eigenvalue weighted by atomic mass is 10.2. The number of hydrogen-bond donors (Lipinski definition) is 0. The Hall–Kier alpha value is -1.72. The molecule has 2 heterocycles. The zero-order chi connectivity index (χ0) is 15.5. The zero-order valence-electron chi connectivity index (χ0n) is 13.1. The summed E-state index contributed by atoms with van der Waals surface area (Å²) in [5, 5.41) is 1.18. The summed E-state index contributed by atoms with van der Waals surface area (Å²) in [6.45, 7) is 8.48. The minimum absolute atomic E-state index is 0.140. The Kier molecular flexibility index (Phi) is 4.55. The number of carbonyl (C=O) groups excluding carboxylic acids is 1. The van der Waals surface area contributed by atoms with E-state index < -0.39 is 0 Å². The van der Waals surface area contributed by atoms with Crippen LogP contribution in [0.3, 0.4) is 0 Å². The van der Waals surface area contributed by atoms with Crippen LogP contribution in [0.15, 0.2) is 30.3 Å².